The zero-order chi connectivity index (χ0) is 21.7. The molecule has 0 fully saturated rings. The molecule has 0 spiro atoms. The highest BCUT2D eigenvalue weighted by Gasteiger charge is 2.86. The fraction of sp³-hybridized carbons (Fsp3) is 0.538. The summed E-state index contributed by atoms with van der Waals surface area (Å²) in [5.74, 6) is -15.5. The second-order valence-electron chi connectivity index (χ2n) is 6.45. The Balaban J connectivity index is 3.48. The minimum Gasteiger partial charge on any atom is -0.378 e. The lowest BCUT2D eigenvalue weighted by Gasteiger charge is -2.32. The molecule has 0 bridgehead atoms. The van der Waals surface area contributed by atoms with Crippen LogP contribution in [0.1, 0.15) is 0 Å². The Morgan fingerprint density at radius 3 is 1.67 bits per heavy atom. The fourth-order valence-electron chi connectivity index (χ4n) is 1.85. The van der Waals surface area contributed by atoms with Crippen molar-refractivity contribution in [3.8, 4) is 5.75 Å². The number of hydrogen-bond donors (Lipinski definition) is 0. The maximum Gasteiger partial charge on any atom is 0.460 e. The lowest BCUT2D eigenvalue weighted by molar-refractivity contribution is -0.382. The molecular weight excluding hydrogens is 435 g/mol. The van der Waals surface area contributed by atoms with E-state index in [1.165, 1.54) is 12.1 Å². The maximum absolute atomic E-state index is 13.7. The normalized spacial score (nSPS) is 15.0. The van der Waals surface area contributed by atoms with E-state index in [-0.39, 0.29) is 5.19 Å². The van der Waals surface area contributed by atoms with Gasteiger partial charge < -0.3 is 4.18 Å². The van der Waals surface area contributed by atoms with Gasteiger partial charge in [0, 0.05) is 0 Å². The van der Waals surface area contributed by atoms with Crippen molar-refractivity contribution < 1.29 is 52.1 Å². The van der Waals surface area contributed by atoms with Crippen molar-refractivity contribution in [2.45, 2.75) is 42.9 Å². The van der Waals surface area contributed by atoms with Gasteiger partial charge in [-0.05, 0) is 11.3 Å². The first-order valence-corrected chi connectivity index (χ1v) is 11.8. The largest absolute Gasteiger partial charge is 0.460 e. The summed E-state index contributed by atoms with van der Waals surface area (Å²) in [6.07, 6.45) is -7.13. The molecule has 0 unspecified atom stereocenters. The molecule has 3 nitrogen and oxygen atoms in total. The van der Waals surface area contributed by atoms with E-state index < -0.39 is 47.2 Å². The van der Waals surface area contributed by atoms with Crippen LogP contribution in [-0.4, -0.2) is 39.8 Å². The summed E-state index contributed by atoms with van der Waals surface area (Å²) in [5, 5.41) is -6.85. The molecule has 0 atom stereocenters. The van der Waals surface area contributed by atoms with Gasteiger partial charge in [-0.3, -0.25) is 0 Å². The molecule has 156 valence electrons. The van der Waals surface area contributed by atoms with Crippen molar-refractivity contribution in [2.24, 2.45) is 0 Å². The smallest absolute Gasteiger partial charge is 0.378 e. The van der Waals surface area contributed by atoms with Crippen LogP contribution >= 0.6 is 0 Å². The number of hydrogen-bond acceptors (Lipinski definition) is 3. The predicted octanol–water partition coefficient (Wildman–Crippen LogP) is 4.37. The number of benzene rings is 1. The van der Waals surface area contributed by atoms with Crippen LogP contribution in [0.15, 0.2) is 24.3 Å². The van der Waals surface area contributed by atoms with E-state index in [1.807, 2.05) is 0 Å². The third kappa shape index (κ3) is 3.91. The molecule has 27 heavy (non-hydrogen) atoms. The van der Waals surface area contributed by atoms with Gasteiger partial charge >= 0.3 is 33.4 Å². The van der Waals surface area contributed by atoms with E-state index in [0.717, 1.165) is 12.1 Å². The van der Waals surface area contributed by atoms with Gasteiger partial charge in [0.05, 0.1) is 8.07 Å². The molecular formula is C13H13F9O3SSi. The molecule has 0 aliphatic heterocycles. The number of alkyl halides is 9. The summed E-state index contributed by atoms with van der Waals surface area (Å²) in [7, 11) is -9.44. The molecule has 0 saturated carbocycles. The van der Waals surface area contributed by atoms with E-state index in [1.54, 1.807) is 19.6 Å². The fourth-order valence-corrected chi connectivity index (χ4v) is 4.32. The van der Waals surface area contributed by atoms with Crippen LogP contribution in [0, 0.1) is 0 Å². The van der Waals surface area contributed by atoms with Crippen LogP contribution in [-0.2, 0) is 10.1 Å². The second kappa shape index (κ2) is 6.57. The van der Waals surface area contributed by atoms with Gasteiger partial charge in [-0.25, -0.2) is 0 Å². The van der Waals surface area contributed by atoms with Crippen LogP contribution < -0.4 is 9.37 Å². The van der Waals surface area contributed by atoms with Gasteiger partial charge in [0.2, 0.25) is 0 Å². The topological polar surface area (TPSA) is 43.4 Å². The number of halogens is 9. The molecule has 1 aromatic rings. The Hall–Kier alpha value is -1.44. The van der Waals surface area contributed by atoms with E-state index >= 15 is 0 Å². The van der Waals surface area contributed by atoms with Crippen LogP contribution in [0.2, 0.25) is 19.6 Å². The van der Waals surface area contributed by atoms with E-state index in [0.29, 0.717) is 0 Å². The summed E-state index contributed by atoms with van der Waals surface area (Å²) in [6, 6.07) is 4.45. The SMILES string of the molecule is C[Si](C)(C)c1ccccc1OS(=O)(=O)C(F)(F)C(F)(F)C(F)(F)C(F)(F)F. The van der Waals surface area contributed by atoms with Crippen LogP contribution in [0.5, 0.6) is 5.75 Å². The summed E-state index contributed by atoms with van der Waals surface area (Å²) < 4.78 is 143. The third-order valence-corrected chi connectivity index (χ3v) is 6.64. The highest BCUT2D eigenvalue weighted by Crippen LogP contribution is 2.54. The molecule has 1 rings (SSSR count). The van der Waals surface area contributed by atoms with E-state index in [9.17, 15) is 47.9 Å². The predicted molar refractivity (Wildman–Crippen MR) is 79.9 cm³/mol. The highest BCUT2D eigenvalue weighted by atomic mass is 32.2. The number of para-hydroxylation sites is 1. The first kappa shape index (κ1) is 23.6. The van der Waals surface area contributed by atoms with E-state index in [4.69, 9.17) is 0 Å². The van der Waals surface area contributed by atoms with Gasteiger partial charge in [0.25, 0.3) is 0 Å². The third-order valence-electron chi connectivity index (χ3n) is 3.32. The Labute approximate surface area is 149 Å². The lowest BCUT2D eigenvalue weighted by atomic mass is 10.1. The second-order valence-corrected chi connectivity index (χ2v) is 13.1. The zero-order valence-corrected chi connectivity index (χ0v) is 15.7. The van der Waals surface area contributed by atoms with Crippen LogP contribution in [0.25, 0.3) is 0 Å². The molecule has 0 amide bonds. The molecule has 1 aromatic carbocycles. The molecule has 0 aromatic heterocycles. The monoisotopic (exact) mass is 448 g/mol. The van der Waals surface area contributed by atoms with Crippen molar-refractivity contribution in [2.75, 3.05) is 0 Å². The van der Waals surface area contributed by atoms with Gasteiger partial charge in [-0.2, -0.15) is 47.9 Å². The van der Waals surface area contributed by atoms with Gasteiger partial charge in [-0.15, -0.1) is 0 Å². The molecule has 0 radical (unpaired) electrons. The minimum absolute atomic E-state index is 0.0373. The average molecular weight is 448 g/mol. The molecule has 0 N–H and O–H groups in total. The summed E-state index contributed by atoms with van der Waals surface area (Å²) >= 11 is 0. The van der Waals surface area contributed by atoms with Crippen molar-refractivity contribution in [3.05, 3.63) is 24.3 Å². The van der Waals surface area contributed by atoms with Gasteiger partial charge in [0.1, 0.15) is 5.75 Å². The summed E-state index contributed by atoms with van der Waals surface area (Å²) in [6.45, 7) is 4.77. The Morgan fingerprint density at radius 1 is 0.815 bits per heavy atom. The van der Waals surface area contributed by atoms with Crippen LogP contribution in [0.4, 0.5) is 39.5 Å². The molecule has 0 saturated heterocycles. The maximum atomic E-state index is 13.7. The summed E-state index contributed by atoms with van der Waals surface area (Å²) in [5.41, 5.74) is 0. The molecule has 0 aliphatic rings. The Kier molecular flexibility index (Phi) is 5.74. The Morgan fingerprint density at radius 2 is 1.26 bits per heavy atom. The molecule has 0 aliphatic carbocycles. The first-order chi connectivity index (χ1) is 11.7. The lowest BCUT2D eigenvalue weighted by Crippen LogP contribution is -2.64. The average Bonchev–Trinajstić information content (AvgIpc) is 2.44. The molecule has 14 heteroatoms. The zero-order valence-electron chi connectivity index (χ0n) is 13.8. The quantitative estimate of drug-likeness (QED) is 0.369. The molecule has 0 heterocycles. The Bertz CT molecular complexity index is 798. The van der Waals surface area contributed by atoms with Gasteiger partial charge in [0.15, 0.2) is 0 Å². The van der Waals surface area contributed by atoms with E-state index in [2.05, 4.69) is 4.18 Å². The van der Waals surface area contributed by atoms with Crippen molar-refractivity contribution >= 4 is 23.4 Å². The van der Waals surface area contributed by atoms with Crippen molar-refractivity contribution in [3.63, 3.8) is 0 Å². The van der Waals surface area contributed by atoms with Crippen molar-refractivity contribution in [1.82, 2.24) is 0 Å². The standard InChI is InChI=1S/C13H13F9O3SSi/c1-27(2,3)9-7-5-4-6-8(9)25-26(23,24)13(21,22)11(16,17)10(14,15)12(18,19)20/h4-7H,1-3H3. The summed E-state index contributed by atoms with van der Waals surface area (Å²) in [4.78, 5) is 0. The first-order valence-electron chi connectivity index (χ1n) is 6.94. The van der Waals surface area contributed by atoms with Gasteiger partial charge in [-0.1, -0.05) is 37.8 Å². The number of rotatable bonds is 6. The van der Waals surface area contributed by atoms with Crippen LogP contribution in [0.3, 0.4) is 0 Å². The van der Waals surface area contributed by atoms with Crippen molar-refractivity contribution in [1.29, 1.82) is 0 Å². The highest BCUT2D eigenvalue weighted by molar-refractivity contribution is 7.88. The minimum atomic E-state index is -7.34.